The van der Waals surface area contributed by atoms with Crippen LogP contribution in [0.25, 0.3) is 0 Å². The molecule has 2 saturated heterocycles. The molecule has 5 aromatic rings. The Morgan fingerprint density at radius 3 is 1.66 bits per heavy atom. The van der Waals surface area contributed by atoms with Crippen molar-refractivity contribution in [2.24, 2.45) is 0 Å². The zero-order valence-corrected chi connectivity index (χ0v) is 34.6. The smallest absolute Gasteiger partial charge is 0.257 e. The molecule has 7 rings (SSSR count). The first kappa shape index (κ1) is 43.1. The molecule has 2 fully saturated rings. The summed E-state index contributed by atoms with van der Waals surface area (Å²) in [7, 11) is 0. The van der Waals surface area contributed by atoms with Crippen molar-refractivity contribution in [3.8, 4) is 23.3 Å². The van der Waals surface area contributed by atoms with E-state index in [2.05, 4.69) is 25.9 Å². The third kappa shape index (κ3) is 12.0. The number of likely N-dealkylation sites (tertiary alicyclic amines) is 1. The van der Waals surface area contributed by atoms with Crippen molar-refractivity contribution < 1.29 is 32.6 Å². The highest BCUT2D eigenvalue weighted by Crippen LogP contribution is 2.29. The van der Waals surface area contributed by atoms with Crippen LogP contribution in [-0.2, 0) is 0 Å². The Balaban J connectivity index is 0.000000208. The van der Waals surface area contributed by atoms with Gasteiger partial charge in [-0.15, -0.1) is 23.5 Å². The minimum atomic E-state index is -0.617. The van der Waals surface area contributed by atoms with Gasteiger partial charge >= 0.3 is 0 Å². The summed E-state index contributed by atoms with van der Waals surface area (Å²) in [4.78, 5) is 50.2. The summed E-state index contributed by atoms with van der Waals surface area (Å²) in [5, 5.41) is 9.14. The summed E-state index contributed by atoms with van der Waals surface area (Å²) in [5.41, 5.74) is 1.78. The first-order chi connectivity index (χ1) is 28.6. The van der Waals surface area contributed by atoms with E-state index in [9.17, 15) is 23.2 Å². The average molecular weight is 841 g/mol. The first-order valence-electron chi connectivity index (χ1n) is 19.2. The van der Waals surface area contributed by atoms with Crippen molar-refractivity contribution in [2.45, 2.75) is 54.5 Å². The maximum atomic E-state index is 13.9. The number of aromatic nitrogens is 2. The van der Waals surface area contributed by atoms with Crippen LogP contribution in [0.5, 0.6) is 23.3 Å². The van der Waals surface area contributed by atoms with Crippen LogP contribution in [0.1, 0.15) is 62.3 Å². The minimum Gasteiger partial charge on any atom is -0.438 e. The topological polar surface area (TPSA) is 135 Å². The van der Waals surface area contributed by atoms with Crippen molar-refractivity contribution in [2.75, 3.05) is 38.7 Å². The molecule has 0 unspecified atom stereocenters. The quantitative estimate of drug-likeness (QED) is 0.112. The van der Waals surface area contributed by atoms with Gasteiger partial charge in [0.1, 0.15) is 34.3 Å². The summed E-state index contributed by atoms with van der Waals surface area (Å²) < 4.78 is 39.1. The monoisotopic (exact) mass is 840 g/mol. The highest BCUT2D eigenvalue weighted by atomic mass is 32.2. The Morgan fingerprint density at radius 2 is 1.17 bits per heavy atom. The second-order valence-corrected chi connectivity index (χ2v) is 15.7. The predicted octanol–water partition coefficient (Wildman–Crippen LogP) is 8.29. The summed E-state index contributed by atoms with van der Waals surface area (Å²) in [5.74, 6) is -0.781. The number of pyridine rings is 2. The highest BCUT2D eigenvalue weighted by molar-refractivity contribution is 7.98. The molecular weight excluding hydrogens is 795 g/mol. The third-order valence-corrected chi connectivity index (χ3v) is 11.3. The van der Waals surface area contributed by atoms with Gasteiger partial charge in [-0.25, -0.2) is 18.7 Å². The van der Waals surface area contributed by atoms with Gasteiger partial charge in [0.05, 0.1) is 12.4 Å². The Labute approximate surface area is 351 Å². The largest absolute Gasteiger partial charge is 0.438 e. The highest BCUT2D eigenvalue weighted by Gasteiger charge is 2.27. The van der Waals surface area contributed by atoms with Crippen molar-refractivity contribution in [1.29, 1.82) is 0 Å². The summed E-state index contributed by atoms with van der Waals surface area (Å²) in [6.07, 6.45) is 8.91. The van der Waals surface area contributed by atoms with E-state index in [1.165, 1.54) is 0 Å². The molecule has 0 aliphatic carbocycles. The molecule has 0 radical (unpaired) electrons. The first-order valence-corrected chi connectivity index (χ1v) is 21.7. The van der Waals surface area contributed by atoms with E-state index in [0.29, 0.717) is 43.0 Å². The molecule has 0 bridgehead atoms. The fourth-order valence-electron chi connectivity index (χ4n) is 6.60. The SMILES string of the molecule is CSc1cccc(Oc2ncc(F)cc2C(=O)NC2CCN(C(=O)c3ccccc3C)CC2)c1.CSc1cccc(Oc2ncc(F)cc2C(=O)NC2CCNCC2)c1. The third-order valence-electron chi connectivity index (χ3n) is 9.80. The van der Waals surface area contributed by atoms with Crippen LogP contribution in [0.4, 0.5) is 8.78 Å². The standard InChI is InChI=1S/C26H26FN3O3S.C18H20FN3O2S/c1-17-6-3-4-9-22(17)26(32)30-12-10-19(11-13-30)29-24(31)23-14-18(27)16-28-25(23)33-20-7-5-8-21(15-20)34-2;1-25-15-4-2-3-14(10-15)24-18-16(9-12(19)11-21-18)17(23)22-13-5-7-20-8-6-13/h3-9,14-16,19H,10-13H2,1-2H3,(H,29,31);2-4,9-11,13,20H,5-8H2,1H3,(H,22,23). The number of rotatable bonds is 11. The molecule has 4 heterocycles. The molecule has 0 spiro atoms. The maximum Gasteiger partial charge on any atom is 0.257 e. The lowest BCUT2D eigenvalue weighted by Crippen LogP contribution is -2.46. The van der Waals surface area contributed by atoms with Crippen molar-refractivity contribution in [3.05, 3.63) is 131 Å². The number of benzene rings is 3. The molecule has 11 nitrogen and oxygen atoms in total. The zero-order valence-electron chi connectivity index (χ0n) is 33.0. The van der Waals surface area contributed by atoms with Gasteiger partial charge in [-0.05, 0) is 118 Å². The van der Waals surface area contributed by atoms with Crippen molar-refractivity contribution in [1.82, 2.24) is 30.8 Å². The molecular formula is C44H46F2N6O5S2. The summed E-state index contributed by atoms with van der Waals surface area (Å²) in [6, 6.07) is 24.6. The predicted molar refractivity (Wildman–Crippen MR) is 226 cm³/mol. The van der Waals surface area contributed by atoms with Crippen LogP contribution in [0, 0.1) is 18.6 Å². The molecule has 2 aliphatic heterocycles. The minimum absolute atomic E-state index is 0.000339. The van der Waals surface area contributed by atoms with E-state index in [1.807, 2.05) is 85.0 Å². The molecule has 308 valence electrons. The van der Waals surface area contributed by atoms with E-state index in [0.717, 1.165) is 65.8 Å². The molecule has 0 atom stereocenters. The fourth-order valence-corrected chi connectivity index (χ4v) is 7.49. The van der Waals surface area contributed by atoms with Gasteiger partial charge in [0.2, 0.25) is 11.8 Å². The van der Waals surface area contributed by atoms with Crippen LogP contribution < -0.4 is 25.4 Å². The van der Waals surface area contributed by atoms with E-state index < -0.39 is 17.5 Å². The normalized spacial score (nSPS) is 14.4. The number of amides is 3. The molecule has 15 heteroatoms. The fraction of sp³-hybridized carbons (Fsp3) is 0.295. The molecule has 0 saturated carbocycles. The van der Waals surface area contributed by atoms with Gasteiger partial charge < -0.3 is 30.3 Å². The number of hydrogen-bond donors (Lipinski definition) is 3. The van der Waals surface area contributed by atoms with E-state index >= 15 is 0 Å². The number of aryl methyl sites for hydroxylation is 1. The second-order valence-electron chi connectivity index (χ2n) is 13.9. The van der Waals surface area contributed by atoms with Crippen LogP contribution in [0.2, 0.25) is 0 Å². The van der Waals surface area contributed by atoms with Gasteiger partial charge in [-0.3, -0.25) is 14.4 Å². The summed E-state index contributed by atoms with van der Waals surface area (Å²) >= 11 is 3.15. The lowest BCUT2D eigenvalue weighted by molar-refractivity contribution is 0.0696. The number of carbonyl (C=O) groups is 3. The number of nitrogens with zero attached hydrogens (tertiary/aromatic N) is 3. The number of hydrogen-bond acceptors (Lipinski definition) is 10. The van der Waals surface area contributed by atoms with Crippen LogP contribution in [0.3, 0.4) is 0 Å². The lowest BCUT2D eigenvalue weighted by atomic mass is 10.0. The Morgan fingerprint density at radius 1 is 0.678 bits per heavy atom. The number of halogens is 2. The van der Waals surface area contributed by atoms with Gasteiger partial charge in [0, 0.05) is 40.5 Å². The lowest BCUT2D eigenvalue weighted by Gasteiger charge is -2.32. The summed E-state index contributed by atoms with van der Waals surface area (Å²) in [6.45, 7) is 4.70. The number of thioether (sulfide) groups is 2. The molecule has 3 amide bonds. The molecule has 59 heavy (non-hydrogen) atoms. The van der Waals surface area contributed by atoms with Gasteiger partial charge in [0.15, 0.2) is 0 Å². The second kappa shape index (κ2) is 21.0. The van der Waals surface area contributed by atoms with Crippen molar-refractivity contribution >= 4 is 41.2 Å². The van der Waals surface area contributed by atoms with Crippen LogP contribution in [0.15, 0.2) is 107 Å². The molecule has 2 aliphatic rings. The molecule has 2 aromatic heterocycles. The van der Waals surface area contributed by atoms with E-state index in [1.54, 1.807) is 35.7 Å². The van der Waals surface area contributed by atoms with E-state index in [-0.39, 0.29) is 46.8 Å². The van der Waals surface area contributed by atoms with E-state index in [4.69, 9.17) is 9.47 Å². The number of carbonyl (C=O) groups excluding carboxylic acids is 3. The van der Waals surface area contributed by atoms with Gasteiger partial charge in [-0.1, -0.05) is 30.3 Å². The maximum absolute atomic E-state index is 13.9. The molecule has 3 N–H and O–H groups in total. The van der Waals surface area contributed by atoms with Crippen LogP contribution >= 0.6 is 23.5 Å². The van der Waals surface area contributed by atoms with Crippen LogP contribution in [-0.4, -0.2) is 83.4 Å². The molecule has 3 aromatic carbocycles. The number of nitrogens with one attached hydrogen (secondary N) is 3. The number of ether oxygens (including phenoxy) is 2. The van der Waals surface area contributed by atoms with Gasteiger partial charge in [-0.2, -0.15) is 0 Å². The zero-order chi connectivity index (χ0) is 41.7. The Hall–Kier alpha value is -5.51. The Kier molecular flexibility index (Phi) is 15.3. The Bertz CT molecular complexity index is 2250. The van der Waals surface area contributed by atoms with Crippen molar-refractivity contribution in [3.63, 3.8) is 0 Å². The number of piperidine rings is 2. The van der Waals surface area contributed by atoms with Gasteiger partial charge in [0.25, 0.3) is 17.7 Å². The average Bonchev–Trinajstić information content (AvgIpc) is 3.26.